The van der Waals surface area contributed by atoms with Crippen LogP contribution in [0.4, 0.5) is 0 Å². The molecule has 0 heterocycles. The first-order valence-corrected chi connectivity index (χ1v) is 27.2. The van der Waals surface area contributed by atoms with E-state index >= 15 is 0 Å². The van der Waals surface area contributed by atoms with E-state index in [0.29, 0.717) is 19.3 Å². The molecule has 0 amide bonds. The van der Waals surface area contributed by atoms with Crippen LogP contribution in [0.1, 0.15) is 245 Å². The van der Waals surface area contributed by atoms with Crippen LogP contribution in [0, 0.1) is 0 Å². The largest absolute Gasteiger partial charge is 0.462 e. The number of hydrogen-bond acceptors (Lipinski definition) is 6. The Morgan fingerprint density at radius 2 is 0.591 bits per heavy atom. The van der Waals surface area contributed by atoms with Gasteiger partial charge < -0.3 is 14.2 Å². The summed E-state index contributed by atoms with van der Waals surface area (Å²) >= 11 is 0. The number of allylic oxidation sites excluding steroid dienone is 16. The molecule has 66 heavy (non-hydrogen) atoms. The van der Waals surface area contributed by atoms with Crippen molar-refractivity contribution in [3.63, 3.8) is 0 Å². The summed E-state index contributed by atoms with van der Waals surface area (Å²) in [5.74, 6) is -0.925. The molecule has 0 aliphatic heterocycles. The molecule has 0 fully saturated rings. The number of ether oxygens (including phenoxy) is 3. The van der Waals surface area contributed by atoms with E-state index in [1.54, 1.807) is 0 Å². The summed E-state index contributed by atoms with van der Waals surface area (Å²) < 4.78 is 16.7. The maximum Gasteiger partial charge on any atom is 0.306 e. The van der Waals surface area contributed by atoms with Gasteiger partial charge >= 0.3 is 17.9 Å². The number of hydrogen-bond donors (Lipinski definition) is 0. The van der Waals surface area contributed by atoms with Crippen LogP contribution in [0.15, 0.2) is 97.2 Å². The molecule has 0 bridgehead atoms. The summed E-state index contributed by atoms with van der Waals surface area (Å²) in [5, 5.41) is 0. The number of carbonyl (C=O) groups excluding carboxylic acids is 3. The molecule has 6 nitrogen and oxygen atoms in total. The second-order valence-corrected chi connectivity index (χ2v) is 17.8. The van der Waals surface area contributed by atoms with Crippen LogP contribution in [-0.4, -0.2) is 37.2 Å². The summed E-state index contributed by atoms with van der Waals surface area (Å²) in [6.45, 7) is 6.40. The second-order valence-electron chi connectivity index (χ2n) is 17.8. The number of carbonyl (C=O) groups is 3. The third-order valence-corrected chi connectivity index (χ3v) is 11.3. The molecular weight excluding hydrogens is 817 g/mol. The fourth-order valence-corrected chi connectivity index (χ4v) is 7.24. The quantitative estimate of drug-likeness (QED) is 0.0262. The first-order valence-electron chi connectivity index (χ1n) is 27.2. The molecule has 6 heteroatoms. The van der Waals surface area contributed by atoms with Crippen molar-refractivity contribution < 1.29 is 28.6 Å². The SMILES string of the molecule is CC/C=C\C/C=C\C/C=C\C/C=C\C/C=C\C/C=C\CCCCCCCCCCC(=O)OCC(COC(=O)CCCCCCC)OC(=O)CCCCCCC/C=C\C/C=C\CCCCCC. The average Bonchev–Trinajstić information content (AvgIpc) is 3.31. The van der Waals surface area contributed by atoms with Crippen molar-refractivity contribution in [3.8, 4) is 0 Å². The molecule has 0 aromatic heterocycles. The van der Waals surface area contributed by atoms with Crippen molar-refractivity contribution in [3.05, 3.63) is 97.2 Å². The molecule has 0 rings (SSSR count). The lowest BCUT2D eigenvalue weighted by atomic mass is 10.1. The fourth-order valence-electron chi connectivity index (χ4n) is 7.24. The van der Waals surface area contributed by atoms with E-state index in [1.807, 2.05) is 0 Å². The van der Waals surface area contributed by atoms with E-state index in [1.165, 1.54) is 70.6 Å². The first-order chi connectivity index (χ1) is 32.5. The van der Waals surface area contributed by atoms with E-state index in [9.17, 15) is 14.4 Å². The van der Waals surface area contributed by atoms with Gasteiger partial charge in [-0.3, -0.25) is 14.4 Å². The molecule has 376 valence electrons. The van der Waals surface area contributed by atoms with Gasteiger partial charge in [0.2, 0.25) is 0 Å². The van der Waals surface area contributed by atoms with Gasteiger partial charge in [-0.1, -0.05) is 221 Å². The van der Waals surface area contributed by atoms with Crippen LogP contribution in [0.25, 0.3) is 0 Å². The summed E-state index contributed by atoms with van der Waals surface area (Å²) in [4.78, 5) is 37.7. The number of rotatable bonds is 48. The van der Waals surface area contributed by atoms with Crippen molar-refractivity contribution >= 4 is 17.9 Å². The van der Waals surface area contributed by atoms with E-state index in [2.05, 4.69) is 118 Å². The Morgan fingerprint density at radius 1 is 0.318 bits per heavy atom. The predicted octanol–water partition coefficient (Wildman–Crippen LogP) is 18.1. The van der Waals surface area contributed by atoms with E-state index in [0.717, 1.165) is 135 Å². The molecule has 1 atom stereocenters. The van der Waals surface area contributed by atoms with Crippen molar-refractivity contribution in [1.82, 2.24) is 0 Å². The standard InChI is InChI=1S/C60H100O6/c1-4-7-10-13-15-17-19-21-23-25-26-27-28-29-30-31-32-33-34-35-37-38-40-42-44-47-50-53-59(62)65-56-57(55-64-58(61)52-49-46-12-9-6-3)66-60(63)54-51-48-45-43-41-39-36-24-22-20-18-16-14-11-8-5-2/h7,10,15,17-18,20-21,23-24,26-27,29-30,32-33,36,57H,4-6,8-9,11-14,16,19,22,25,28,31,34-35,37-56H2,1-3H3/b10-7-,17-15-,20-18-,23-21-,27-26-,30-29-,33-32-,36-24-. The van der Waals surface area contributed by atoms with Gasteiger partial charge in [0.25, 0.3) is 0 Å². The minimum Gasteiger partial charge on any atom is -0.462 e. The molecule has 1 unspecified atom stereocenters. The molecule has 0 aromatic rings. The Labute approximate surface area is 407 Å². The monoisotopic (exact) mass is 917 g/mol. The van der Waals surface area contributed by atoms with E-state index in [4.69, 9.17) is 14.2 Å². The van der Waals surface area contributed by atoms with Gasteiger partial charge in [0.1, 0.15) is 13.2 Å². The fraction of sp³-hybridized carbons (Fsp3) is 0.683. The highest BCUT2D eigenvalue weighted by molar-refractivity contribution is 5.71. The van der Waals surface area contributed by atoms with Crippen LogP contribution in [0.5, 0.6) is 0 Å². The third-order valence-electron chi connectivity index (χ3n) is 11.3. The number of esters is 3. The smallest absolute Gasteiger partial charge is 0.306 e. The number of unbranched alkanes of at least 4 members (excludes halogenated alkanes) is 21. The van der Waals surface area contributed by atoms with Gasteiger partial charge in [-0.2, -0.15) is 0 Å². The van der Waals surface area contributed by atoms with E-state index in [-0.39, 0.29) is 31.1 Å². The zero-order valence-corrected chi connectivity index (χ0v) is 42.9. The molecule has 0 radical (unpaired) electrons. The van der Waals surface area contributed by atoms with Crippen molar-refractivity contribution in [1.29, 1.82) is 0 Å². The van der Waals surface area contributed by atoms with Crippen molar-refractivity contribution in [2.24, 2.45) is 0 Å². The van der Waals surface area contributed by atoms with Crippen molar-refractivity contribution in [2.45, 2.75) is 252 Å². The van der Waals surface area contributed by atoms with Crippen LogP contribution in [-0.2, 0) is 28.6 Å². The Morgan fingerprint density at radius 3 is 0.939 bits per heavy atom. The molecule has 0 aliphatic carbocycles. The molecule has 0 aliphatic rings. The molecule has 0 saturated carbocycles. The molecule has 0 spiro atoms. The van der Waals surface area contributed by atoms with Crippen LogP contribution in [0.3, 0.4) is 0 Å². The van der Waals surface area contributed by atoms with Gasteiger partial charge in [0.15, 0.2) is 6.10 Å². The summed E-state index contributed by atoms with van der Waals surface area (Å²) in [5.41, 5.74) is 0. The van der Waals surface area contributed by atoms with Gasteiger partial charge in [-0.15, -0.1) is 0 Å². The first kappa shape index (κ1) is 62.3. The predicted molar refractivity (Wildman–Crippen MR) is 284 cm³/mol. The zero-order valence-electron chi connectivity index (χ0n) is 42.9. The molecule has 0 saturated heterocycles. The van der Waals surface area contributed by atoms with Crippen LogP contribution in [0.2, 0.25) is 0 Å². The second kappa shape index (κ2) is 53.9. The van der Waals surface area contributed by atoms with Gasteiger partial charge in [-0.25, -0.2) is 0 Å². The lowest BCUT2D eigenvalue weighted by Gasteiger charge is -2.18. The summed E-state index contributed by atoms with van der Waals surface area (Å²) in [6, 6.07) is 0. The lowest BCUT2D eigenvalue weighted by molar-refractivity contribution is -0.167. The molecule has 0 N–H and O–H groups in total. The van der Waals surface area contributed by atoms with E-state index < -0.39 is 6.10 Å². The maximum atomic E-state index is 12.7. The highest BCUT2D eigenvalue weighted by Crippen LogP contribution is 2.14. The normalized spacial score (nSPS) is 12.8. The maximum absolute atomic E-state index is 12.7. The minimum absolute atomic E-state index is 0.0868. The third kappa shape index (κ3) is 51.3. The Balaban J connectivity index is 4.15. The Bertz CT molecular complexity index is 1330. The zero-order chi connectivity index (χ0) is 47.9. The van der Waals surface area contributed by atoms with Gasteiger partial charge in [-0.05, 0) is 103 Å². The topological polar surface area (TPSA) is 78.9 Å². The Kier molecular flexibility index (Phi) is 50.9. The summed E-state index contributed by atoms with van der Waals surface area (Å²) in [7, 11) is 0. The van der Waals surface area contributed by atoms with Gasteiger partial charge in [0, 0.05) is 19.3 Å². The van der Waals surface area contributed by atoms with Crippen LogP contribution < -0.4 is 0 Å². The Hall–Kier alpha value is -3.67. The summed E-state index contributed by atoms with van der Waals surface area (Å²) in [6.07, 6.45) is 71.5. The van der Waals surface area contributed by atoms with Crippen molar-refractivity contribution in [2.75, 3.05) is 13.2 Å². The van der Waals surface area contributed by atoms with Crippen LogP contribution >= 0.6 is 0 Å². The minimum atomic E-state index is -0.785. The highest BCUT2D eigenvalue weighted by Gasteiger charge is 2.19. The molecule has 0 aromatic carbocycles. The average molecular weight is 917 g/mol. The van der Waals surface area contributed by atoms with Gasteiger partial charge in [0.05, 0.1) is 0 Å². The molecular formula is C60H100O6. The lowest BCUT2D eigenvalue weighted by Crippen LogP contribution is -2.30. The highest BCUT2D eigenvalue weighted by atomic mass is 16.6.